The minimum Gasteiger partial charge on any atom is -0.349 e. The largest absolute Gasteiger partial charge is 0.349 e. The molecule has 0 atom stereocenters. The molecule has 2 aliphatic carbocycles. The van der Waals surface area contributed by atoms with Crippen LogP contribution in [0.2, 0.25) is 0 Å². The van der Waals surface area contributed by atoms with Crippen molar-refractivity contribution in [3.63, 3.8) is 0 Å². The lowest BCUT2D eigenvalue weighted by molar-refractivity contribution is 0.0948. The molecule has 0 radical (unpaired) electrons. The van der Waals surface area contributed by atoms with Gasteiger partial charge in [-0.1, -0.05) is 13.8 Å². The molecular weight excluding hydrogens is 305 g/mol. The first-order chi connectivity index (χ1) is 11.5. The van der Waals surface area contributed by atoms with Crippen LogP contribution < -0.4 is 5.32 Å². The number of nitrogens with zero attached hydrogens (tertiary/aromatic N) is 2. The molecule has 126 valence electrons. The van der Waals surface area contributed by atoms with Gasteiger partial charge in [0.05, 0.1) is 22.6 Å². The molecule has 0 aliphatic heterocycles. The van der Waals surface area contributed by atoms with E-state index in [0.29, 0.717) is 12.0 Å². The Morgan fingerprint density at radius 2 is 1.88 bits per heavy atom. The molecule has 2 aliphatic rings. The van der Waals surface area contributed by atoms with Gasteiger partial charge >= 0.3 is 0 Å². The molecule has 2 aromatic rings. The number of nitrogens with one attached hydrogen (secondary N) is 1. The van der Waals surface area contributed by atoms with Crippen molar-refractivity contribution >= 4 is 5.91 Å². The molecule has 1 aromatic carbocycles. The number of halogens is 1. The van der Waals surface area contributed by atoms with E-state index in [1.807, 2.05) is 4.68 Å². The van der Waals surface area contributed by atoms with Crippen LogP contribution in [0.5, 0.6) is 0 Å². The molecule has 1 heterocycles. The van der Waals surface area contributed by atoms with Crippen molar-refractivity contribution in [1.29, 1.82) is 0 Å². The Kier molecular flexibility index (Phi) is 3.66. The molecule has 4 rings (SSSR count). The van der Waals surface area contributed by atoms with Crippen molar-refractivity contribution in [3.05, 3.63) is 47.0 Å². The van der Waals surface area contributed by atoms with Crippen LogP contribution in [0, 0.1) is 5.82 Å². The smallest absolute Gasteiger partial charge is 0.255 e. The summed E-state index contributed by atoms with van der Waals surface area (Å²) in [7, 11) is 0. The van der Waals surface area contributed by atoms with Crippen LogP contribution in [0.25, 0.3) is 5.69 Å². The number of carbonyl (C=O) groups is 1. The molecule has 1 aromatic heterocycles. The summed E-state index contributed by atoms with van der Waals surface area (Å²) in [5, 5.41) is 7.89. The maximum atomic E-state index is 13.3. The van der Waals surface area contributed by atoms with Crippen LogP contribution in [0.3, 0.4) is 0 Å². The summed E-state index contributed by atoms with van der Waals surface area (Å²) in [4.78, 5) is 12.8. The molecule has 0 saturated heterocycles. The summed E-state index contributed by atoms with van der Waals surface area (Å²) in [5.41, 5.74) is 3.36. The van der Waals surface area contributed by atoms with Gasteiger partial charge in [-0.25, -0.2) is 9.07 Å². The second-order valence-corrected chi connectivity index (χ2v) is 7.21. The number of benzene rings is 1. The zero-order chi connectivity index (χ0) is 16.8. The first-order valence-electron chi connectivity index (χ1n) is 8.74. The van der Waals surface area contributed by atoms with Gasteiger partial charge in [-0.3, -0.25) is 4.79 Å². The van der Waals surface area contributed by atoms with Gasteiger partial charge in [0, 0.05) is 12.0 Å². The van der Waals surface area contributed by atoms with Crippen LogP contribution in [0.1, 0.15) is 73.1 Å². The first kappa shape index (κ1) is 15.4. The quantitative estimate of drug-likeness (QED) is 0.905. The summed E-state index contributed by atoms with van der Waals surface area (Å²) in [6, 6.07) is 6.61. The fourth-order valence-electron chi connectivity index (χ4n) is 3.12. The van der Waals surface area contributed by atoms with Crippen molar-refractivity contribution in [1.82, 2.24) is 15.1 Å². The Hall–Kier alpha value is -2.17. The molecule has 5 heteroatoms. The minimum absolute atomic E-state index is 0.00328. The summed E-state index contributed by atoms with van der Waals surface area (Å²) < 4.78 is 15.1. The van der Waals surface area contributed by atoms with Crippen molar-refractivity contribution < 1.29 is 9.18 Å². The van der Waals surface area contributed by atoms with Crippen molar-refractivity contribution in [3.8, 4) is 5.69 Å². The Labute approximate surface area is 141 Å². The SMILES string of the molecule is CC(C)c1c(C(=O)NC2CC2)c(C2CC2)nn1-c1ccc(F)cc1. The van der Waals surface area contributed by atoms with Gasteiger partial charge < -0.3 is 5.32 Å². The normalized spacial score (nSPS) is 17.3. The Morgan fingerprint density at radius 3 is 2.42 bits per heavy atom. The van der Waals surface area contributed by atoms with Gasteiger partial charge in [0.25, 0.3) is 5.91 Å². The Morgan fingerprint density at radius 1 is 1.21 bits per heavy atom. The molecular formula is C19H22FN3O. The van der Waals surface area contributed by atoms with E-state index in [9.17, 15) is 9.18 Å². The summed E-state index contributed by atoms with van der Waals surface area (Å²) in [6.07, 6.45) is 4.30. The molecule has 1 amide bonds. The maximum Gasteiger partial charge on any atom is 0.255 e. The summed E-state index contributed by atoms with van der Waals surface area (Å²) in [6.45, 7) is 4.14. The third kappa shape index (κ3) is 2.83. The van der Waals surface area contributed by atoms with Gasteiger partial charge in [0.2, 0.25) is 0 Å². The second kappa shape index (κ2) is 5.72. The summed E-state index contributed by atoms with van der Waals surface area (Å²) >= 11 is 0. The third-order valence-electron chi connectivity index (χ3n) is 4.67. The van der Waals surface area contributed by atoms with Crippen molar-refractivity contribution in [2.45, 2.75) is 57.4 Å². The van der Waals surface area contributed by atoms with E-state index in [-0.39, 0.29) is 17.6 Å². The topological polar surface area (TPSA) is 46.9 Å². The van der Waals surface area contributed by atoms with E-state index in [2.05, 4.69) is 19.2 Å². The van der Waals surface area contributed by atoms with Crippen LogP contribution in [0.15, 0.2) is 24.3 Å². The number of amides is 1. The standard InChI is InChI=1S/C19H22FN3O/c1-11(2)18-16(19(24)21-14-7-8-14)17(12-3-4-12)22-23(18)15-9-5-13(20)6-10-15/h5-6,9-12,14H,3-4,7-8H2,1-2H3,(H,21,24). The van der Waals surface area contributed by atoms with E-state index in [1.54, 1.807) is 12.1 Å². The zero-order valence-corrected chi connectivity index (χ0v) is 14.1. The fraction of sp³-hybridized carbons (Fsp3) is 0.474. The molecule has 4 nitrogen and oxygen atoms in total. The van der Waals surface area contributed by atoms with E-state index >= 15 is 0 Å². The number of rotatable bonds is 5. The predicted molar refractivity (Wildman–Crippen MR) is 90.1 cm³/mol. The van der Waals surface area contributed by atoms with E-state index < -0.39 is 0 Å². The third-order valence-corrected chi connectivity index (χ3v) is 4.67. The lowest BCUT2D eigenvalue weighted by atomic mass is 10.0. The molecule has 2 saturated carbocycles. The zero-order valence-electron chi connectivity index (χ0n) is 14.1. The van der Waals surface area contributed by atoms with E-state index in [4.69, 9.17) is 5.10 Å². The monoisotopic (exact) mass is 327 g/mol. The average molecular weight is 327 g/mol. The van der Waals surface area contributed by atoms with Crippen LogP contribution in [0.4, 0.5) is 4.39 Å². The first-order valence-corrected chi connectivity index (χ1v) is 8.74. The Balaban J connectivity index is 1.83. The van der Waals surface area contributed by atoms with Gasteiger partial charge in [-0.15, -0.1) is 0 Å². The molecule has 1 N–H and O–H groups in total. The number of carbonyl (C=O) groups excluding carboxylic acids is 1. The lowest BCUT2D eigenvalue weighted by Gasteiger charge is -2.13. The van der Waals surface area contributed by atoms with Crippen LogP contribution in [-0.4, -0.2) is 21.7 Å². The van der Waals surface area contributed by atoms with Crippen LogP contribution in [-0.2, 0) is 0 Å². The van der Waals surface area contributed by atoms with Crippen molar-refractivity contribution in [2.24, 2.45) is 0 Å². The fourth-order valence-corrected chi connectivity index (χ4v) is 3.12. The minimum atomic E-state index is -0.272. The van der Waals surface area contributed by atoms with Gasteiger partial charge in [-0.2, -0.15) is 5.10 Å². The molecule has 24 heavy (non-hydrogen) atoms. The molecule has 0 unspecified atom stereocenters. The highest BCUT2D eigenvalue weighted by molar-refractivity contribution is 5.97. The van der Waals surface area contributed by atoms with E-state index in [1.165, 1.54) is 12.1 Å². The molecule has 0 bridgehead atoms. The highest BCUT2D eigenvalue weighted by Gasteiger charge is 2.36. The highest BCUT2D eigenvalue weighted by Crippen LogP contribution is 2.43. The van der Waals surface area contributed by atoms with Crippen molar-refractivity contribution in [2.75, 3.05) is 0 Å². The Bertz CT molecular complexity index is 771. The number of hydrogen-bond acceptors (Lipinski definition) is 2. The molecule has 2 fully saturated rings. The maximum absolute atomic E-state index is 13.3. The van der Waals surface area contributed by atoms with Gasteiger partial charge in [0.15, 0.2) is 0 Å². The lowest BCUT2D eigenvalue weighted by Crippen LogP contribution is -2.27. The predicted octanol–water partition coefficient (Wildman–Crippen LogP) is 3.90. The second-order valence-electron chi connectivity index (χ2n) is 7.21. The summed E-state index contributed by atoms with van der Waals surface area (Å²) in [5.74, 6) is 0.252. The number of hydrogen-bond donors (Lipinski definition) is 1. The number of aromatic nitrogens is 2. The van der Waals surface area contributed by atoms with E-state index in [0.717, 1.165) is 48.3 Å². The average Bonchev–Trinajstić information content (AvgIpc) is 3.47. The van der Waals surface area contributed by atoms with Crippen LogP contribution >= 0.6 is 0 Å². The van der Waals surface area contributed by atoms with Gasteiger partial charge in [-0.05, 0) is 55.9 Å². The molecule has 0 spiro atoms. The highest BCUT2D eigenvalue weighted by atomic mass is 19.1. The van der Waals surface area contributed by atoms with Gasteiger partial charge in [0.1, 0.15) is 5.82 Å².